The SMILES string of the molecule is CN1CC(CNC(=O)Cc2ccc(F)cc2)OC1=O. The molecule has 1 saturated heterocycles. The second-order valence-electron chi connectivity index (χ2n) is 4.49. The Balaban J connectivity index is 1.76. The molecular formula is C13H15FN2O3. The van der Waals surface area contributed by atoms with Crippen LogP contribution in [-0.4, -0.2) is 43.1 Å². The fraction of sp³-hybridized carbons (Fsp3) is 0.385. The molecule has 1 aliphatic heterocycles. The van der Waals surface area contributed by atoms with E-state index in [0.29, 0.717) is 6.54 Å². The second kappa shape index (κ2) is 5.69. The number of rotatable bonds is 4. The molecule has 0 aliphatic carbocycles. The van der Waals surface area contributed by atoms with E-state index in [9.17, 15) is 14.0 Å². The summed E-state index contributed by atoms with van der Waals surface area (Å²) in [5.41, 5.74) is 0.736. The molecule has 0 bridgehead atoms. The number of nitrogens with one attached hydrogen (secondary N) is 1. The molecule has 2 rings (SSSR count). The van der Waals surface area contributed by atoms with Crippen molar-refractivity contribution < 1.29 is 18.7 Å². The molecule has 1 aromatic rings. The highest BCUT2D eigenvalue weighted by atomic mass is 19.1. The van der Waals surface area contributed by atoms with Crippen LogP contribution in [0.5, 0.6) is 0 Å². The van der Waals surface area contributed by atoms with E-state index in [2.05, 4.69) is 5.32 Å². The number of hydrogen-bond acceptors (Lipinski definition) is 3. The van der Waals surface area contributed by atoms with E-state index >= 15 is 0 Å². The van der Waals surface area contributed by atoms with E-state index in [1.165, 1.54) is 17.0 Å². The van der Waals surface area contributed by atoms with E-state index in [-0.39, 0.29) is 36.9 Å². The number of cyclic esters (lactones) is 1. The van der Waals surface area contributed by atoms with Gasteiger partial charge in [0.25, 0.3) is 0 Å². The standard InChI is InChI=1S/C13H15FN2O3/c1-16-8-11(19-13(16)18)7-15-12(17)6-9-2-4-10(14)5-3-9/h2-5,11H,6-8H2,1H3,(H,15,17). The van der Waals surface area contributed by atoms with Gasteiger partial charge in [0.1, 0.15) is 11.9 Å². The van der Waals surface area contributed by atoms with E-state index in [0.717, 1.165) is 5.56 Å². The normalized spacial score (nSPS) is 18.3. The van der Waals surface area contributed by atoms with Crippen LogP contribution >= 0.6 is 0 Å². The van der Waals surface area contributed by atoms with Gasteiger partial charge in [0.2, 0.25) is 5.91 Å². The number of ether oxygens (including phenoxy) is 1. The van der Waals surface area contributed by atoms with Crippen molar-refractivity contribution in [2.24, 2.45) is 0 Å². The van der Waals surface area contributed by atoms with Crippen LogP contribution in [0.4, 0.5) is 9.18 Å². The van der Waals surface area contributed by atoms with Crippen molar-refractivity contribution in [1.29, 1.82) is 0 Å². The van der Waals surface area contributed by atoms with Crippen molar-refractivity contribution in [1.82, 2.24) is 10.2 Å². The van der Waals surface area contributed by atoms with Gasteiger partial charge in [-0.2, -0.15) is 0 Å². The summed E-state index contributed by atoms with van der Waals surface area (Å²) in [5.74, 6) is -0.512. The van der Waals surface area contributed by atoms with Crippen molar-refractivity contribution in [3.8, 4) is 0 Å². The quantitative estimate of drug-likeness (QED) is 0.882. The first-order chi connectivity index (χ1) is 9.04. The Morgan fingerprint density at radius 1 is 1.47 bits per heavy atom. The van der Waals surface area contributed by atoms with Gasteiger partial charge in [0.15, 0.2) is 0 Å². The van der Waals surface area contributed by atoms with Crippen LogP contribution in [0.25, 0.3) is 0 Å². The van der Waals surface area contributed by atoms with Gasteiger partial charge in [0.05, 0.1) is 19.5 Å². The molecule has 0 spiro atoms. The molecule has 1 unspecified atom stereocenters. The summed E-state index contributed by atoms with van der Waals surface area (Å²) in [6.45, 7) is 0.756. The number of likely N-dealkylation sites (N-methyl/N-ethyl adjacent to an activating group) is 1. The zero-order valence-electron chi connectivity index (χ0n) is 10.6. The Morgan fingerprint density at radius 2 is 2.16 bits per heavy atom. The lowest BCUT2D eigenvalue weighted by Crippen LogP contribution is -2.35. The topological polar surface area (TPSA) is 58.6 Å². The third kappa shape index (κ3) is 3.67. The molecular weight excluding hydrogens is 251 g/mol. The number of amides is 2. The maximum Gasteiger partial charge on any atom is 0.410 e. The Morgan fingerprint density at radius 3 is 2.74 bits per heavy atom. The Labute approximate surface area is 110 Å². The Kier molecular flexibility index (Phi) is 3.99. The molecule has 2 amide bonds. The second-order valence-corrected chi connectivity index (χ2v) is 4.49. The van der Waals surface area contributed by atoms with Crippen LogP contribution in [-0.2, 0) is 16.0 Å². The first kappa shape index (κ1) is 13.3. The highest BCUT2D eigenvalue weighted by molar-refractivity contribution is 5.78. The van der Waals surface area contributed by atoms with Crippen molar-refractivity contribution in [3.05, 3.63) is 35.6 Å². The third-order valence-electron chi connectivity index (χ3n) is 2.86. The van der Waals surface area contributed by atoms with Crippen LogP contribution in [0.1, 0.15) is 5.56 Å². The smallest absolute Gasteiger partial charge is 0.410 e. The maximum atomic E-state index is 12.7. The fourth-order valence-electron chi connectivity index (χ4n) is 1.83. The predicted molar refractivity (Wildman–Crippen MR) is 66.0 cm³/mol. The van der Waals surface area contributed by atoms with Crippen LogP contribution in [0.3, 0.4) is 0 Å². The summed E-state index contributed by atoms with van der Waals surface area (Å²) in [6, 6.07) is 5.77. The molecule has 1 aromatic carbocycles. The number of halogens is 1. The summed E-state index contributed by atoms with van der Waals surface area (Å²) in [5, 5.41) is 2.69. The maximum absolute atomic E-state index is 12.7. The number of carbonyl (C=O) groups is 2. The summed E-state index contributed by atoms with van der Waals surface area (Å²) >= 11 is 0. The van der Waals surface area contributed by atoms with Crippen LogP contribution in [0, 0.1) is 5.82 Å². The van der Waals surface area contributed by atoms with Gasteiger partial charge in [-0.15, -0.1) is 0 Å². The number of benzene rings is 1. The molecule has 1 aliphatic rings. The molecule has 0 aromatic heterocycles. The molecule has 1 heterocycles. The Hall–Kier alpha value is -2.11. The van der Waals surface area contributed by atoms with Gasteiger partial charge in [0, 0.05) is 7.05 Å². The minimum atomic E-state index is -0.377. The zero-order chi connectivity index (χ0) is 13.8. The summed E-state index contributed by atoms with van der Waals surface area (Å²) in [6.07, 6.45) is -0.510. The molecule has 1 fully saturated rings. The molecule has 0 radical (unpaired) electrons. The molecule has 5 nitrogen and oxygen atoms in total. The van der Waals surface area contributed by atoms with Crippen LogP contribution in [0.2, 0.25) is 0 Å². The fourth-order valence-corrected chi connectivity index (χ4v) is 1.83. The van der Waals surface area contributed by atoms with Gasteiger partial charge in [-0.25, -0.2) is 9.18 Å². The lowest BCUT2D eigenvalue weighted by Gasteiger charge is -2.09. The van der Waals surface area contributed by atoms with Crippen molar-refractivity contribution >= 4 is 12.0 Å². The lowest BCUT2D eigenvalue weighted by molar-refractivity contribution is -0.120. The average molecular weight is 266 g/mol. The summed E-state index contributed by atoms with van der Waals surface area (Å²) in [7, 11) is 1.64. The number of hydrogen-bond donors (Lipinski definition) is 1. The monoisotopic (exact) mass is 266 g/mol. The molecule has 1 atom stereocenters. The third-order valence-corrected chi connectivity index (χ3v) is 2.86. The first-order valence-corrected chi connectivity index (χ1v) is 5.97. The predicted octanol–water partition coefficient (Wildman–Crippen LogP) is 0.935. The molecule has 19 heavy (non-hydrogen) atoms. The van der Waals surface area contributed by atoms with Gasteiger partial charge in [-0.05, 0) is 17.7 Å². The van der Waals surface area contributed by atoms with E-state index in [1.807, 2.05) is 0 Å². The van der Waals surface area contributed by atoms with Gasteiger partial charge in [-0.1, -0.05) is 12.1 Å². The Bertz CT molecular complexity index is 475. The lowest BCUT2D eigenvalue weighted by atomic mass is 10.1. The van der Waals surface area contributed by atoms with Gasteiger partial charge >= 0.3 is 6.09 Å². The average Bonchev–Trinajstić information content (AvgIpc) is 2.69. The van der Waals surface area contributed by atoms with E-state index < -0.39 is 0 Å². The first-order valence-electron chi connectivity index (χ1n) is 5.97. The van der Waals surface area contributed by atoms with E-state index in [4.69, 9.17) is 4.74 Å². The minimum Gasteiger partial charge on any atom is -0.442 e. The highest BCUT2D eigenvalue weighted by Gasteiger charge is 2.28. The summed E-state index contributed by atoms with van der Waals surface area (Å²) in [4.78, 5) is 24.2. The zero-order valence-corrected chi connectivity index (χ0v) is 10.6. The molecule has 102 valence electrons. The van der Waals surface area contributed by atoms with Gasteiger partial charge < -0.3 is 15.0 Å². The van der Waals surface area contributed by atoms with Crippen LogP contribution < -0.4 is 5.32 Å². The minimum absolute atomic E-state index is 0.177. The summed E-state index contributed by atoms with van der Waals surface area (Å²) < 4.78 is 17.7. The molecule has 0 saturated carbocycles. The van der Waals surface area contributed by atoms with E-state index in [1.54, 1.807) is 19.2 Å². The number of carbonyl (C=O) groups excluding carboxylic acids is 2. The highest BCUT2D eigenvalue weighted by Crippen LogP contribution is 2.08. The van der Waals surface area contributed by atoms with Crippen LogP contribution in [0.15, 0.2) is 24.3 Å². The van der Waals surface area contributed by atoms with Gasteiger partial charge in [-0.3, -0.25) is 4.79 Å². The number of nitrogens with zero attached hydrogens (tertiary/aromatic N) is 1. The van der Waals surface area contributed by atoms with Crippen molar-refractivity contribution in [2.75, 3.05) is 20.1 Å². The van der Waals surface area contributed by atoms with Crippen molar-refractivity contribution in [3.63, 3.8) is 0 Å². The largest absolute Gasteiger partial charge is 0.442 e. The molecule has 1 N–H and O–H groups in total. The molecule has 6 heteroatoms. The van der Waals surface area contributed by atoms with Crippen molar-refractivity contribution in [2.45, 2.75) is 12.5 Å².